The fourth-order valence-electron chi connectivity index (χ4n) is 2.55. The Kier molecular flexibility index (Phi) is 4.34. The summed E-state index contributed by atoms with van der Waals surface area (Å²) in [6.07, 6.45) is 3.00. The van der Waals surface area contributed by atoms with E-state index < -0.39 is 21.7 Å². The van der Waals surface area contributed by atoms with Crippen molar-refractivity contribution in [3.63, 3.8) is 0 Å². The lowest BCUT2D eigenvalue weighted by Gasteiger charge is -2.11. The van der Waals surface area contributed by atoms with Crippen molar-refractivity contribution in [2.45, 2.75) is 44.0 Å². The molecule has 0 saturated heterocycles. The van der Waals surface area contributed by atoms with Gasteiger partial charge in [-0.05, 0) is 43.4 Å². The molecule has 2 atom stereocenters. The van der Waals surface area contributed by atoms with Crippen LogP contribution in [-0.4, -0.2) is 20.4 Å². The third-order valence-corrected chi connectivity index (χ3v) is 4.81. The maximum absolute atomic E-state index is 13.5. The van der Waals surface area contributed by atoms with Gasteiger partial charge in [0, 0.05) is 11.6 Å². The standard InChI is InChI=1S/C14H19FN2O3S/c1-3-4-9-5-12(9)17-14(18)11-6-10(15)7-13(8(11)2)21(16,19)20/h6-7,9,12H,3-5H2,1-2H3,(H,17,18)(H2,16,19,20). The minimum atomic E-state index is -4.06. The summed E-state index contributed by atoms with van der Waals surface area (Å²) in [6, 6.07) is 1.97. The van der Waals surface area contributed by atoms with Gasteiger partial charge in [0.2, 0.25) is 10.0 Å². The lowest BCUT2D eigenvalue weighted by atomic mass is 10.1. The molecular weight excluding hydrogens is 295 g/mol. The van der Waals surface area contributed by atoms with Crippen LogP contribution in [0.1, 0.15) is 42.1 Å². The molecule has 7 heteroatoms. The van der Waals surface area contributed by atoms with Crippen LogP contribution in [0.15, 0.2) is 17.0 Å². The molecule has 0 aromatic heterocycles. The normalized spacial score (nSPS) is 21.1. The average Bonchev–Trinajstić information content (AvgIpc) is 3.08. The SMILES string of the molecule is CCCC1CC1NC(=O)c1cc(F)cc(S(N)(=O)=O)c1C. The van der Waals surface area contributed by atoms with Crippen molar-refractivity contribution in [1.82, 2.24) is 5.32 Å². The van der Waals surface area contributed by atoms with Crippen molar-refractivity contribution in [2.24, 2.45) is 11.1 Å². The Hall–Kier alpha value is -1.47. The fraction of sp³-hybridized carbons (Fsp3) is 0.500. The number of carbonyl (C=O) groups is 1. The van der Waals surface area contributed by atoms with Gasteiger partial charge in [0.25, 0.3) is 5.91 Å². The average molecular weight is 314 g/mol. The molecule has 1 aliphatic carbocycles. The molecule has 116 valence electrons. The second-order valence-corrected chi connectivity index (χ2v) is 7.02. The van der Waals surface area contributed by atoms with Crippen LogP contribution < -0.4 is 10.5 Å². The number of carbonyl (C=O) groups excluding carboxylic acids is 1. The summed E-state index contributed by atoms with van der Waals surface area (Å²) in [6.45, 7) is 3.52. The molecule has 3 N–H and O–H groups in total. The van der Waals surface area contributed by atoms with E-state index in [1.54, 1.807) is 0 Å². The van der Waals surface area contributed by atoms with E-state index in [4.69, 9.17) is 5.14 Å². The molecule has 0 spiro atoms. The maximum atomic E-state index is 13.5. The van der Waals surface area contributed by atoms with Crippen LogP contribution in [-0.2, 0) is 10.0 Å². The van der Waals surface area contributed by atoms with Crippen molar-refractivity contribution in [1.29, 1.82) is 0 Å². The van der Waals surface area contributed by atoms with Gasteiger partial charge in [-0.1, -0.05) is 13.3 Å². The van der Waals surface area contributed by atoms with Gasteiger partial charge in [0.05, 0.1) is 4.90 Å². The van der Waals surface area contributed by atoms with Gasteiger partial charge in [0.1, 0.15) is 5.82 Å². The highest BCUT2D eigenvalue weighted by Crippen LogP contribution is 2.35. The predicted octanol–water partition coefficient (Wildman–Crippen LogP) is 1.70. The predicted molar refractivity (Wildman–Crippen MR) is 76.8 cm³/mol. The second kappa shape index (κ2) is 5.73. The first kappa shape index (κ1) is 15.9. The van der Waals surface area contributed by atoms with Crippen LogP contribution >= 0.6 is 0 Å². The zero-order valence-corrected chi connectivity index (χ0v) is 12.8. The molecule has 1 fully saturated rings. The summed E-state index contributed by atoms with van der Waals surface area (Å²) in [5.74, 6) is -0.790. The van der Waals surface area contributed by atoms with Crippen LogP contribution in [0.4, 0.5) is 4.39 Å². The number of rotatable bonds is 5. The fourth-order valence-corrected chi connectivity index (χ4v) is 3.36. The summed E-state index contributed by atoms with van der Waals surface area (Å²) < 4.78 is 36.4. The third-order valence-electron chi connectivity index (χ3n) is 3.77. The summed E-state index contributed by atoms with van der Waals surface area (Å²) in [7, 11) is -4.06. The molecule has 1 aromatic rings. The van der Waals surface area contributed by atoms with E-state index >= 15 is 0 Å². The number of nitrogens with two attached hydrogens (primary N) is 1. The van der Waals surface area contributed by atoms with Crippen molar-refractivity contribution in [3.05, 3.63) is 29.1 Å². The summed E-state index contributed by atoms with van der Waals surface area (Å²) in [4.78, 5) is 11.8. The van der Waals surface area contributed by atoms with E-state index in [0.717, 1.165) is 31.4 Å². The largest absolute Gasteiger partial charge is 0.349 e. The van der Waals surface area contributed by atoms with Crippen LogP contribution in [0.25, 0.3) is 0 Å². The van der Waals surface area contributed by atoms with E-state index in [2.05, 4.69) is 12.2 Å². The molecule has 1 amide bonds. The van der Waals surface area contributed by atoms with Gasteiger partial charge >= 0.3 is 0 Å². The first-order valence-corrected chi connectivity index (χ1v) is 8.42. The Labute approximate surface area is 123 Å². The van der Waals surface area contributed by atoms with Crippen molar-refractivity contribution in [2.75, 3.05) is 0 Å². The number of nitrogens with one attached hydrogen (secondary N) is 1. The smallest absolute Gasteiger partial charge is 0.251 e. The summed E-state index contributed by atoms with van der Waals surface area (Å²) in [5, 5.41) is 7.86. The van der Waals surface area contributed by atoms with Crippen molar-refractivity contribution >= 4 is 15.9 Å². The van der Waals surface area contributed by atoms with E-state index in [1.807, 2.05) is 0 Å². The Bertz CT molecular complexity index is 673. The van der Waals surface area contributed by atoms with Crippen molar-refractivity contribution in [3.8, 4) is 0 Å². The highest BCUT2D eigenvalue weighted by atomic mass is 32.2. The van der Waals surface area contributed by atoms with Crippen LogP contribution in [0.3, 0.4) is 0 Å². The molecule has 5 nitrogen and oxygen atoms in total. The number of amides is 1. The molecule has 0 aliphatic heterocycles. The van der Waals surface area contributed by atoms with Gasteiger partial charge in [-0.15, -0.1) is 0 Å². The maximum Gasteiger partial charge on any atom is 0.251 e. The molecule has 0 heterocycles. The molecule has 1 saturated carbocycles. The third kappa shape index (κ3) is 3.59. The Morgan fingerprint density at radius 1 is 1.48 bits per heavy atom. The van der Waals surface area contributed by atoms with Gasteiger partial charge in [-0.3, -0.25) is 4.79 Å². The quantitative estimate of drug-likeness (QED) is 0.867. The van der Waals surface area contributed by atoms with E-state index in [9.17, 15) is 17.6 Å². The molecule has 1 aliphatic rings. The molecule has 0 bridgehead atoms. The minimum Gasteiger partial charge on any atom is -0.349 e. The number of sulfonamides is 1. The topological polar surface area (TPSA) is 89.3 Å². The second-order valence-electron chi connectivity index (χ2n) is 5.49. The monoisotopic (exact) mass is 314 g/mol. The lowest BCUT2D eigenvalue weighted by Crippen LogP contribution is -2.28. The molecule has 2 unspecified atom stereocenters. The van der Waals surface area contributed by atoms with Gasteiger partial charge in [-0.25, -0.2) is 17.9 Å². The zero-order valence-electron chi connectivity index (χ0n) is 12.0. The van der Waals surface area contributed by atoms with Gasteiger partial charge in [0.15, 0.2) is 0 Å². The minimum absolute atomic E-state index is 0.0150. The number of benzene rings is 1. The van der Waals surface area contributed by atoms with Gasteiger partial charge in [-0.2, -0.15) is 0 Å². The molecular formula is C14H19FN2O3S. The molecule has 1 aromatic carbocycles. The first-order chi connectivity index (χ1) is 9.74. The summed E-state index contributed by atoms with van der Waals surface area (Å²) >= 11 is 0. The molecule has 2 rings (SSSR count). The Balaban J connectivity index is 2.24. The van der Waals surface area contributed by atoms with E-state index in [1.165, 1.54) is 6.92 Å². The van der Waals surface area contributed by atoms with Gasteiger partial charge < -0.3 is 5.32 Å². The van der Waals surface area contributed by atoms with E-state index in [-0.39, 0.29) is 22.1 Å². The molecule has 0 radical (unpaired) electrons. The van der Waals surface area contributed by atoms with Crippen LogP contribution in [0.5, 0.6) is 0 Å². The highest BCUT2D eigenvalue weighted by Gasteiger charge is 2.37. The molecule has 21 heavy (non-hydrogen) atoms. The lowest BCUT2D eigenvalue weighted by molar-refractivity contribution is 0.0947. The van der Waals surface area contributed by atoms with E-state index in [0.29, 0.717) is 5.92 Å². The Morgan fingerprint density at radius 2 is 2.14 bits per heavy atom. The Morgan fingerprint density at radius 3 is 2.71 bits per heavy atom. The highest BCUT2D eigenvalue weighted by molar-refractivity contribution is 7.89. The van der Waals surface area contributed by atoms with Crippen LogP contribution in [0.2, 0.25) is 0 Å². The number of primary sulfonamides is 1. The summed E-state index contributed by atoms with van der Waals surface area (Å²) in [5.41, 5.74) is 0.185. The van der Waals surface area contributed by atoms with Crippen LogP contribution in [0, 0.1) is 18.7 Å². The number of hydrogen-bond donors (Lipinski definition) is 2. The number of hydrogen-bond acceptors (Lipinski definition) is 3. The zero-order chi connectivity index (χ0) is 15.8. The number of halogens is 1. The van der Waals surface area contributed by atoms with Crippen molar-refractivity contribution < 1.29 is 17.6 Å². The first-order valence-electron chi connectivity index (χ1n) is 6.87.